The highest BCUT2D eigenvalue weighted by Crippen LogP contribution is 2.33. The number of hydrogen-bond donors (Lipinski definition) is 2. The smallest absolute Gasteiger partial charge is 0.416 e. The molecule has 1 saturated carbocycles. The van der Waals surface area contributed by atoms with Gasteiger partial charge < -0.3 is 15.1 Å². The average Bonchev–Trinajstić information content (AvgIpc) is 3.33. The molecule has 0 atom stereocenters. The van der Waals surface area contributed by atoms with Gasteiger partial charge in [0.25, 0.3) is 11.8 Å². The van der Waals surface area contributed by atoms with Crippen LogP contribution in [0.2, 0.25) is 0 Å². The van der Waals surface area contributed by atoms with Gasteiger partial charge >= 0.3 is 6.18 Å². The van der Waals surface area contributed by atoms with E-state index in [1.54, 1.807) is 30.3 Å². The van der Waals surface area contributed by atoms with Crippen LogP contribution >= 0.6 is 0 Å². The lowest BCUT2D eigenvalue weighted by molar-refractivity contribution is -0.137. The summed E-state index contributed by atoms with van der Waals surface area (Å²) in [4.78, 5) is 25.8. The van der Waals surface area contributed by atoms with Crippen LogP contribution in [-0.2, 0) is 11.0 Å². The molecule has 2 amide bonds. The van der Waals surface area contributed by atoms with Crippen LogP contribution in [0.4, 0.5) is 13.2 Å². The van der Waals surface area contributed by atoms with Gasteiger partial charge in [-0.1, -0.05) is 49.6 Å². The molecule has 0 aliphatic heterocycles. The first-order valence-electron chi connectivity index (χ1n) is 11.5. The van der Waals surface area contributed by atoms with Gasteiger partial charge in [0.15, 0.2) is 0 Å². The van der Waals surface area contributed by atoms with E-state index in [-0.39, 0.29) is 28.8 Å². The molecule has 1 aliphatic rings. The second-order valence-electron chi connectivity index (χ2n) is 8.47. The van der Waals surface area contributed by atoms with Gasteiger partial charge in [-0.3, -0.25) is 9.59 Å². The third-order valence-electron chi connectivity index (χ3n) is 5.86. The normalized spacial score (nSPS) is 15.0. The van der Waals surface area contributed by atoms with E-state index >= 15 is 0 Å². The van der Waals surface area contributed by atoms with Crippen molar-refractivity contribution in [1.82, 2.24) is 10.6 Å². The molecule has 0 spiro atoms. The van der Waals surface area contributed by atoms with Gasteiger partial charge in [0, 0.05) is 23.2 Å². The van der Waals surface area contributed by atoms with Crippen molar-refractivity contribution in [3.8, 4) is 11.3 Å². The molecule has 2 N–H and O–H groups in total. The molecule has 2 aromatic carbocycles. The van der Waals surface area contributed by atoms with E-state index in [1.807, 2.05) is 0 Å². The summed E-state index contributed by atoms with van der Waals surface area (Å²) in [5, 5.41) is 5.62. The van der Waals surface area contributed by atoms with Crippen molar-refractivity contribution in [1.29, 1.82) is 0 Å². The second kappa shape index (κ2) is 10.6. The fraction of sp³-hybridized carbons (Fsp3) is 0.259. The lowest BCUT2D eigenvalue weighted by Gasteiger charge is -2.23. The fourth-order valence-corrected chi connectivity index (χ4v) is 4.03. The van der Waals surface area contributed by atoms with Crippen molar-refractivity contribution in [2.75, 3.05) is 0 Å². The number of nitrogens with one attached hydrogen (secondary N) is 2. The average molecular weight is 483 g/mol. The Bertz CT molecular complexity index is 1210. The minimum absolute atomic E-state index is 0.00521. The van der Waals surface area contributed by atoms with Crippen molar-refractivity contribution in [2.24, 2.45) is 0 Å². The molecule has 1 fully saturated rings. The summed E-state index contributed by atoms with van der Waals surface area (Å²) in [6.07, 6.45) is 1.83. The van der Waals surface area contributed by atoms with Crippen LogP contribution in [0.25, 0.3) is 17.4 Å². The molecule has 1 heterocycles. The van der Waals surface area contributed by atoms with E-state index in [0.29, 0.717) is 5.56 Å². The number of amides is 2. The maximum atomic E-state index is 13.1. The first kappa shape index (κ1) is 24.3. The maximum Gasteiger partial charge on any atom is 0.416 e. The predicted molar refractivity (Wildman–Crippen MR) is 126 cm³/mol. The summed E-state index contributed by atoms with van der Waals surface area (Å²) < 4.78 is 45.0. The first-order valence-corrected chi connectivity index (χ1v) is 11.5. The summed E-state index contributed by atoms with van der Waals surface area (Å²) in [6.45, 7) is 0. The van der Waals surface area contributed by atoms with E-state index in [0.717, 1.165) is 44.2 Å². The Balaban J connectivity index is 1.59. The van der Waals surface area contributed by atoms with Gasteiger partial charge in [-0.05, 0) is 49.2 Å². The molecule has 1 aliphatic carbocycles. The van der Waals surface area contributed by atoms with E-state index < -0.39 is 23.6 Å². The number of furan rings is 1. The van der Waals surface area contributed by atoms with Gasteiger partial charge in [-0.2, -0.15) is 13.2 Å². The Morgan fingerprint density at radius 2 is 1.66 bits per heavy atom. The summed E-state index contributed by atoms with van der Waals surface area (Å²) in [6, 6.07) is 16.4. The highest BCUT2D eigenvalue weighted by atomic mass is 19.4. The second-order valence-corrected chi connectivity index (χ2v) is 8.47. The van der Waals surface area contributed by atoms with Crippen LogP contribution < -0.4 is 10.6 Å². The van der Waals surface area contributed by atoms with Gasteiger partial charge in [-0.25, -0.2) is 0 Å². The third kappa shape index (κ3) is 6.41. The van der Waals surface area contributed by atoms with Gasteiger partial charge in [-0.15, -0.1) is 0 Å². The summed E-state index contributed by atoms with van der Waals surface area (Å²) in [7, 11) is 0. The number of halogens is 3. The zero-order chi connectivity index (χ0) is 24.8. The van der Waals surface area contributed by atoms with Crippen LogP contribution in [0, 0.1) is 0 Å². The molecule has 5 nitrogen and oxygen atoms in total. The number of alkyl halides is 3. The minimum atomic E-state index is -4.47. The van der Waals surface area contributed by atoms with Gasteiger partial charge in [0.2, 0.25) is 0 Å². The molecule has 1 aromatic heterocycles. The Labute approximate surface area is 201 Å². The van der Waals surface area contributed by atoms with Crippen molar-refractivity contribution >= 4 is 17.9 Å². The molecule has 0 radical (unpaired) electrons. The molecular formula is C27H25F3N2O3. The summed E-state index contributed by atoms with van der Waals surface area (Å²) in [5.74, 6) is -0.471. The molecule has 0 saturated heterocycles. The van der Waals surface area contributed by atoms with Crippen LogP contribution in [0.5, 0.6) is 0 Å². The zero-order valence-corrected chi connectivity index (χ0v) is 18.9. The minimum Gasteiger partial charge on any atom is -0.457 e. The van der Waals surface area contributed by atoms with E-state index in [9.17, 15) is 22.8 Å². The van der Waals surface area contributed by atoms with Crippen molar-refractivity contribution in [3.63, 3.8) is 0 Å². The lowest BCUT2D eigenvalue weighted by atomic mass is 9.95. The Kier molecular flexibility index (Phi) is 7.39. The molecule has 8 heteroatoms. The number of carbonyl (C=O) groups excluding carboxylic acids is 2. The van der Waals surface area contributed by atoms with E-state index in [2.05, 4.69) is 10.6 Å². The SMILES string of the molecule is O=C(NC1CCCCC1)C(=Cc1ccc(-c2cccc(C(F)(F)F)c2)o1)NC(=O)c1ccccc1. The maximum absolute atomic E-state index is 13.1. The van der Waals surface area contributed by atoms with Crippen LogP contribution in [0.1, 0.15) is 53.8 Å². The Morgan fingerprint density at radius 1 is 0.914 bits per heavy atom. The number of benzene rings is 2. The molecule has 4 rings (SSSR count). The van der Waals surface area contributed by atoms with Crippen LogP contribution in [-0.4, -0.2) is 17.9 Å². The van der Waals surface area contributed by atoms with Crippen molar-refractivity contribution < 1.29 is 27.2 Å². The van der Waals surface area contributed by atoms with E-state index in [4.69, 9.17) is 4.42 Å². The van der Waals surface area contributed by atoms with Gasteiger partial charge in [0.1, 0.15) is 17.2 Å². The van der Waals surface area contributed by atoms with E-state index in [1.165, 1.54) is 30.3 Å². The first-order chi connectivity index (χ1) is 16.8. The van der Waals surface area contributed by atoms with Gasteiger partial charge in [0.05, 0.1) is 5.56 Å². The molecule has 0 unspecified atom stereocenters. The number of hydrogen-bond acceptors (Lipinski definition) is 3. The lowest BCUT2D eigenvalue weighted by Crippen LogP contribution is -2.41. The Hall–Kier alpha value is -3.81. The zero-order valence-electron chi connectivity index (χ0n) is 18.9. The van der Waals surface area contributed by atoms with Crippen molar-refractivity contribution in [2.45, 2.75) is 44.3 Å². The number of rotatable bonds is 6. The van der Waals surface area contributed by atoms with Crippen molar-refractivity contribution in [3.05, 3.63) is 89.3 Å². The highest BCUT2D eigenvalue weighted by molar-refractivity contribution is 6.05. The summed E-state index contributed by atoms with van der Waals surface area (Å²) in [5.41, 5.74) is -0.158. The highest BCUT2D eigenvalue weighted by Gasteiger charge is 2.30. The predicted octanol–water partition coefficient (Wildman–Crippen LogP) is 6.19. The summed E-state index contributed by atoms with van der Waals surface area (Å²) >= 11 is 0. The molecule has 0 bridgehead atoms. The number of carbonyl (C=O) groups is 2. The molecule has 3 aromatic rings. The largest absolute Gasteiger partial charge is 0.457 e. The quantitative estimate of drug-likeness (QED) is 0.412. The van der Waals surface area contributed by atoms with Crippen LogP contribution in [0.15, 0.2) is 76.8 Å². The topological polar surface area (TPSA) is 71.3 Å². The molecule has 35 heavy (non-hydrogen) atoms. The fourth-order valence-electron chi connectivity index (χ4n) is 4.03. The monoisotopic (exact) mass is 482 g/mol. The van der Waals surface area contributed by atoms with Crippen LogP contribution in [0.3, 0.4) is 0 Å². The Morgan fingerprint density at radius 3 is 2.37 bits per heavy atom. The third-order valence-corrected chi connectivity index (χ3v) is 5.86. The molecule has 182 valence electrons. The molecular weight excluding hydrogens is 457 g/mol. The standard InChI is InChI=1S/C27H25F3N2O3/c28-27(29,30)20-11-7-10-19(16-20)24-15-14-22(35-24)17-23(26(34)31-21-12-5-2-6-13-21)32-25(33)18-8-3-1-4-9-18/h1,3-4,7-11,14-17,21H,2,5-6,12-13H2,(H,31,34)(H,32,33).